The van der Waals surface area contributed by atoms with Crippen molar-refractivity contribution < 1.29 is 0 Å². The lowest BCUT2D eigenvalue weighted by Crippen LogP contribution is -2.22. The summed E-state index contributed by atoms with van der Waals surface area (Å²) in [5, 5.41) is 3.64. The quantitative estimate of drug-likeness (QED) is 0.820. The van der Waals surface area contributed by atoms with Gasteiger partial charge in [-0.25, -0.2) is 0 Å². The van der Waals surface area contributed by atoms with E-state index in [1.54, 1.807) is 0 Å². The highest BCUT2D eigenvalue weighted by molar-refractivity contribution is 9.10. The van der Waals surface area contributed by atoms with Gasteiger partial charge in [-0.2, -0.15) is 0 Å². The van der Waals surface area contributed by atoms with Crippen LogP contribution >= 0.6 is 15.9 Å². The van der Waals surface area contributed by atoms with Crippen LogP contribution in [0.5, 0.6) is 0 Å². The molecule has 1 N–H and O–H groups in total. The Labute approximate surface area is 124 Å². The van der Waals surface area contributed by atoms with Crippen molar-refractivity contribution in [1.29, 1.82) is 0 Å². The second-order valence-electron chi connectivity index (χ2n) is 5.04. The molecule has 19 heavy (non-hydrogen) atoms. The van der Waals surface area contributed by atoms with Crippen molar-refractivity contribution in [1.82, 2.24) is 5.32 Å². The maximum Gasteiger partial charge on any atom is 0.0308 e. The van der Waals surface area contributed by atoms with Gasteiger partial charge in [-0.3, -0.25) is 0 Å². The smallest absolute Gasteiger partial charge is 0.0308 e. The molecule has 0 radical (unpaired) electrons. The number of benzene rings is 2. The van der Waals surface area contributed by atoms with E-state index in [-0.39, 0.29) is 0 Å². The van der Waals surface area contributed by atoms with E-state index >= 15 is 0 Å². The van der Waals surface area contributed by atoms with Gasteiger partial charge in [0.15, 0.2) is 0 Å². The Morgan fingerprint density at radius 1 is 0.895 bits per heavy atom. The van der Waals surface area contributed by atoms with E-state index in [1.807, 2.05) is 6.07 Å². The van der Waals surface area contributed by atoms with E-state index in [9.17, 15) is 0 Å². The van der Waals surface area contributed by atoms with Crippen LogP contribution in [-0.2, 0) is 0 Å². The Hall–Kier alpha value is -1.12. The molecule has 0 aliphatic carbocycles. The second kappa shape index (κ2) is 6.36. The molecule has 2 heteroatoms. The Bertz CT molecular complexity index is 533. The van der Waals surface area contributed by atoms with Crippen LogP contribution in [0.25, 0.3) is 0 Å². The van der Waals surface area contributed by atoms with Crippen LogP contribution in [0.4, 0.5) is 0 Å². The minimum absolute atomic E-state index is 0.312. The van der Waals surface area contributed by atoms with Gasteiger partial charge in [0.25, 0.3) is 0 Å². The van der Waals surface area contributed by atoms with Crippen LogP contribution in [0.3, 0.4) is 0 Å². The lowest BCUT2D eigenvalue weighted by atomic mass is 10.0. The van der Waals surface area contributed by atoms with Gasteiger partial charge in [0.2, 0.25) is 0 Å². The van der Waals surface area contributed by atoms with E-state index in [0.717, 1.165) is 4.47 Å². The summed E-state index contributed by atoms with van der Waals surface area (Å²) in [5.74, 6) is 0. The van der Waals surface area contributed by atoms with Crippen molar-refractivity contribution in [3.05, 3.63) is 69.7 Å². The van der Waals surface area contributed by atoms with Crippen LogP contribution in [0.1, 0.15) is 42.6 Å². The Morgan fingerprint density at radius 2 is 1.53 bits per heavy atom. The van der Waals surface area contributed by atoms with E-state index < -0.39 is 0 Å². The van der Waals surface area contributed by atoms with Gasteiger partial charge in [-0.05, 0) is 38.0 Å². The summed E-state index contributed by atoms with van der Waals surface area (Å²) in [6.07, 6.45) is 0. The third-order valence-corrected chi connectivity index (χ3v) is 4.17. The molecule has 100 valence electrons. The van der Waals surface area contributed by atoms with Crippen LogP contribution < -0.4 is 5.32 Å². The summed E-state index contributed by atoms with van der Waals surface area (Å²) in [5.41, 5.74) is 3.92. The number of hydrogen-bond donors (Lipinski definition) is 1. The monoisotopic (exact) mass is 317 g/mol. The number of rotatable bonds is 4. The maximum absolute atomic E-state index is 3.64. The molecule has 0 saturated carbocycles. The average molecular weight is 318 g/mol. The topological polar surface area (TPSA) is 12.0 Å². The highest BCUT2D eigenvalue weighted by Crippen LogP contribution is 2.25. The molecule has 0 fully saturated rings. The van der Waals surface area contributed by atoms with Gasteiger partial charge in [0.1, 0.15) is 0 Å². The first-order valence-electron chi connectivity index (χ1n) is 6.65. The fourth-order valence-electron chi connectivity index (χ4n) is 2.24. The largest absolute Gasteiger partial charge is 0.304 e. The van der Waals surface area contributed by atoms with Gasteiger partial charge in [0.05, 0.1) is 0 Å². The highest BCUT2D eigenvalue weighted by atomic mass is 79.9. The molecule has 0 spiro atoms. The number of nitrogens with one attached hydrogen (secondary N) is 1. The highest BCUT2D eigenvalue weighted by Gasteiger charge is 2.12. The third-order valence-electron chi connectivity index (χ3n) is 3.45. The Balaban J connectivity index is 2.08. The van der Waals surface area contributed by atoms with Gasteiger partial charge in [-0.15, -0.1) is 0 Å². The molecule has 2 aromatic carbocycles. The van der Waals surface area contributed by atoms with Crippen molar-refractivity contribution in [2.24, 2.45) is 0 Å². The third kappa shape index (κ3) is 3.68. The number of aryl methyl sites for hydroxylation is 1. The van der Waals surface area contributed by atoms with Gasteiger partial charge in [-0.1, -0.05) is 64.0 Å². The van der Waals surface area contributed by atoms with Gasteiger partial charge < -0.3 is 5.32 Å². The minimum Gasteiger partial charge on any atom is -0.304 e. The lowest BCUT2D eigenvalue weighted by molar-refractivity contribution is 0.493. The molecule has 0 aliphatic rings. The maximum atomic E-state index is 3.64. The van der Waals surface area contributed by atoms with Gasteiger partial charge >= 0.3 is 0 Å². The molecule has 0 bridgehead atoms. The van der Waals surface area contributed by atoms with Gasteiger partial charge in [0, 0.05) is 16.6 Å². The zero-order valence-corrected chi connectivity index (χ0v) is 13.2. The molecule has 1 nitrogen and oxygen atoms in total. The Morgan fingerprint density at radius 3 is 2.16 bits per heavy atom. The van der Waals surface area contributed by atoms with E-state index in [4.69, 9.17) is 0 Å². The standard InChI is InChI=1S/C17H20BrN/c1-12-8-10-15(11-9-12)13(2)19-14(3)16-6-4-5-7-17(16)18/h4-11,13-14,19H,1-3H3/t13?,14-/m0/s1. The van der Waals surface area contributed by atoms with E-state index in [2.05, 4.69) is 84.5 Å². The molecule has 0 aromatic heterocycles. The van der Waals surface area contributed by atoms with Crippen LogP contribution in [0.15, 0.2) is 53.0 Å². The summed E-state index contributed by atoms with van der Waals surface area (Å²) >= 11 is 3.61. The summed E-state index contributed by atoms with van der Waals surface area (Å²) in [4.78, 5) is 0. The summed E-state index contributed by atoms with van der Waals surface area (Å²) in [6, 6.07) is 17.7. The fourth-order valence-corrected chi connectivity index (χ4v) is 2.87. The van der Waals surface area contributed by atoms with Crippen molar-refractivity contribution >= 4 is 15.9 Å². The first-order chi connectivity index (χ1) is 9.08. The SMILES string of the molecule is Cc1ccc(C(C)N[C@@H](C)c2ccccc2Br)cc1. The number of halogens is 1. The van der Waals surface area contributed by atoms with E-state index in [1.165, 1.54) is 16.7 Å². The molecule has 0 aliphatic heterocycles. The predicted molar refractivity (Wildman–Crippen MR) is 85.3 cm³/mol. The molecule has 0 saturated heterocycles. The molecule has 2 atom stereocenters. The second-order valence-corrected chi connectivity index (χ2v) is 5.90. The minimum atomic E-state index is 0.312. The zero-order chi connectivity index (χ0) is 13.8. The molecule has 2 aromatic rings. The molecule has 2 rings (SSSR count). The summed E-state index contributed by atoms with van der Waals surface area (Å²) < 4.78 is 1.16. The van der Waals surface area contributed by atoms with E-state index in [0.29, 0.717) is 12.1 Å². The molecule has 1 unspecified atom stereocenters. The van der Waals surface area contributed by atoms with Crippen LogP contribution in [-0.4, -0.2) is 0 Å². The van der Waals surface area contributed by atoms with Crippen molar-refractivity contribution in [3.8, 4) is 0 Å². The Kier molecular flexibility index (Phi) is 4.78. The summed E-state index contributed by atoms with van der Waals surface area (Å²) in [7, 11) is 0. The molecule has 0 amide bonds. The first kappa shape index (κ1) is 14.3. The molecule has 0 heterocycles. The normalized spacial score (nSPS) is 14.1. The average Bonchev–Trinajstić information content (AvgIpc) is 2.39. The van der Waals surface area contributed by atoms with Crippen LogP contribution in [0.2, 0.25) is 0 Å². The molecular formula is C17H20BrN. The lowest BCUT2D eigenvalue weighted by Gasteiger charge is -2.21. The van der Waals surface area contributed by atoms with Crippen molar-refractivity contribution in [2.45, 2.75) is 32.9 Å². The zero-order valence-electron chi connectivity index (χ0n) is 11.7. The number of hydrogen-bond acceptors (Lipinski definition) is 1. The summed E-state index contributed by atoms with van der Waals surface area (Å²) in [6.45, 7) is 6.52. The fraction of sp³-hybridized carbons (Fsp3) is 0.294. The predicted octanol–water partition coefficient (Wildman–Crippen LogP) is 5.17. The van der Waals surface area contributed by atoms with Crippen LogP contribution in [0, 0.1) is 6.92 Å². The first-order valence-corrected chi connectivity index (χ1v) is 7.44. The van der Waals surface area contributed by atoms with Crippen molar-refractivity contribution in [3.63, 3.8) is 0 Å². The molecular weight excluding hydrogens is 298 g/mol. The van der Waals surface area contributed by atoms with Crippen molar-refractivity contribution in [2.75, 3.05) is 0 Å².